The highest BCUT2D eigenvalue weighted by atomic mass is 16.5. The van der Waals surface area contributed by atoms with E-state index >= 15 is 0 Å². The first-order valence-electron chi connectivity index (χ1n) is 8.29. The topological polar surface area (TPSA) is 70.8 Å². The van der Waals surface area contributed by atoms with Crippen molar-refractivity contribution >= 4 is 5.57 Å². The number of aliphatic hydroxyl groups excluding tert-OH is 1. The number of nitrogens with two attached hydrogens (primary N) is 1. The van der Waals surface area contributed by atoms with E-state index in [2.05, 4.69) is 47.5 Å². The van der Waals surface area contributed by atoms with Crippen LogP contribution in [0.5, 0.6) is 0 Å². The Morgan fingerprint density at radius 3 is 2.74 bits per heavy atom. The second kappa shape index (κ2) is 9.15. The molecule has 1 aliphatic rings. The molecular weight excluding hydrogens is 290 g/mol. The van der Waals surface area contributed by atoms with Crippen LogP contribution in [-0.2, 0) is 4.74 Å². The largest absolute Gasteiger partial charge is 0.395 e. The van der Waals surface area contributed by atoms with E-state index in [-0.39, 0.29) is 18.8 Å². The standard InChI is InChI=1S/C18H29N3O2/c1-14-5-3-4-6-17(14)16(11-18(19)20-15(2)13-22)12-21-7-9-23-10-8-21/h3-6,11,15,18,20,22H,7-10,12-13,19H2,1-2H3/b16-11+/t15-,18?/m1/s1. The summed E-state index contributed by atoms with van der Waals surface area (Å²) in [7, 11) is 0. The molecule has 1 fully saturated rings. The Bertz CT molecular complexity index is 513. The van der Waals surface area contributed by atoms with Gasteiger partial charge in [0.25, 0.3) is 0 Å². The summed E-state index contributed by atoms with van der Waals surface area (Å²) >= 11 is 0. The summed E-state index contributed by atoms with van der Waals surface area (Å²) in [6, 6.07) is 8.35. The third-order valence-corrected chi connectivity index (χ3v) is 4.12. The fraction of sp³-hybridized carbons (Fsp3) is 0.556. The molecule has 1 heterocycles. The van der Waals surface area contributed by atoms with Gasteiger partial charge in [0.1, 0.15) is 0 Å². The molecular formula is C18H29N3O2. The summed E-state index contributed by atoms with van der Waals surface area (Å²) in [6.45, 7) is 8.43. The Morgan fingerprint density at radius 1 is 1.39 bits per heavy atom. The number of nitrogens with zero attached hydrogens (tertiary/aromatic N) is 1. The zero-order valence-electron chi connectivity index (χ0n) is 14.2. The van der Waals surface area contributed by atoms with Crippen LogP contribution < -0.4 is 11.1 Å². The van der Waals surface area contributed by atoms with E-state index in [9.17, 15) is 5.11 Å². The minimum atomic E-state index is -0.284. The quantitative estimate of drug-likeness (QED) is 0.653. The zero-order valence-corrected chi connectivity index (χ0v) is 14.2. The Hall–Kier alpha value is -1.24. The predicted octanol–water partition coefficient (Wildman–Crippen LogP) is 0.966. The van der Waals surface area contributed by atoms with E-state index in [4.69, 9.17) is 10.5 Å². The van der Waals surface area contributed by atoms with Crippen LogP contribution in [0.4, 0.5) is 0 Å². The van der Waals surface area contributed by atoms with Gasteiger partial charge in [0.05, 0.1) is 26.0 Å². The Morgan fingerprint density at radius 2 is 2.09 bits per heavy atom. The van der Waals surface area contributed by atoms with Crippen molar-refractivity contribution in [2.45, 2.75) is 26.1 Å². The molecule has 2 rings (SSSR count). The number of benzene rings is 1. The highest BCUT2D eigenvalue weighted by Crippen LogP contribution is 2.20. The van der Waals surface area contributed by atoms with Crippen molar-refractivity contribution in [3.63, 3.8) is 0 Å². The first-order chi connectivity index (χ1) is 11.1. The van der Waals surface area contributed by atoms with Gasteiger partial charge in [0.15, 0.2) is 0 Å². The van der Waals surface area contributed by atoms with E-state index in [0.717, 1.165) is 32.8 Å². The molecule has 1 aromatic rings. The van der Waals surface area contributed by atoms with Crippen LogP contribution in [0.15, 0.2) is 30.3 Å². The monoisotopic (exact) mass is 319 g/mol. The first kappa shape index (κ1) is 18.1. The van der Waals surface area contributed by atoms with Crippen LogP contribution in [-0.4, -0.2) is 61.7 Å². The lowest BCUT2D eigenvalue weighted by Gasteiger charge is -2.28. The second-order valence-electron chi connectivity index (χ2n) is 6.17. The van der Waals surface area contributed by atoms with Crippen molar-refractivity contribution in [2.75, 3.05) is 39.5 Å². The molecule has 0 spiro atoms. The first-order valence-corrected chi connectivity index (χ1v) is 8.29. The number of hydrogen-bond donors (Lipinski definition) is 3. The third-order valence-electron chi connectivity index (χ3n) is 4.12. The molecule has 1 aromatic carbocycles. The van der Waals surface area contributed by atoms with Gasteiger partial charge in [-0.05, 0) is 36.6 Å². The molecule has 23 heavy (non-hydrogen) atoms. The molecule has 4 N–H and O–H groups in total. The lowest BCUT2D eigenvalue weighted by Crippen LogP contribution is -2.43. The number of aliphatic hydroxyl groups is 1. The molecule has 0 saturated carbocycles. The second-order valence-corrected chi connectivity index (χ2v) is 6.17. The van der Waals surface area contributed by atoms with Gasteiger partial charge in [-0.25, -0.2) is 0 Å². The van der Waals surface area contributed by atoms with Gasteiger partial charge in [-0.1, -0.05) is 24.3 Å². The smallest absolute Gasteiger partial charge is 0.0748 e. The van der Waals surface area contributed by atoms with E-state index < -0.39 is 0 Å². The van der Waals surface area contributed by atoms with Gasteiger partial charge in [-0.2, -0.15) is 0 Å². The maximum Gasteiger partial charge on any atom is 0.0748 e. The summed E-state index contributed by atoms with van der Waals surface area (Å²) < 4.78 is 5.43. The van der Waals surface area contributed by atoms with Gasteiger partial charge in [0, 0.05) is 25.7 Å². The average molecular weight is 319 g/mol. The summed E-state index contributed by atoms with van der Waals surface area (Å²) in [5.74, 6) is 0. The number of hydrogen-bond acceptors (Lipinski definition) is 5. The minimum Gasteiger partial charge on any atom is -0.395 e. The normalized spacial score (nSPS) is 19.6. The molecule has 0 aliphatic carbocycles. The van der Waals surface area contributed by atoms with E-state index in [1.165, 1.54) is 16.7 Å². The third kappa shape index (κ3) is 5.71. The fourth-order valence-corrected chi connectivity index (χ4v) is 2.81. The van der Waals surface area contributed by atoms with Crippen molar-refractivity contribution in [1.29, 1.82) is 0 Å². The molecule has 5 heteroatoms. The van der Waals surface area contributed by atoms with E-state index in [1.807, 2.05) is 6.92 Å². The molecule has 0 aromatic heterocycles. The lowest BCUT2D eigenvalue weighted by molar-refractivity contribution is 0.0443. The van der Waals surface area contributed by atoms with Crippen molar-refractivity contribution < 1.29 is 9.84 Å². The van der Waals surface area contributed by atoms with Gasteiger partial charge in [0.2, 0.25) is 0 Å². The number of aryl methyl sites for hydroxylation is 1. The van der Waals surface area contributed by atoms with Gasteiger partial charge < -0.3 is 15.6 Å². The van der Waals surface area contributed by atoms with Gasteiger partial charge in [-0.15, -0.1) is 0 Å². The summed E-state index contributed by atoms with van der Waals surface area (Å²) in [5, 5.41) is 12.4. The van der Waals surface area contributed by atoms with Crippen molar-refractivity contribution in [1.82, 2.24) is 10.2 Å². The molecule has 5 nitrogen and oxygen atoms in total. The molecule has 1 aliphatic heterocycles. The molecule has 1 unspecified atom stereocenters. The van der Waals surface area contributed by atoms with Gasteiger partial charge in [-0.3, -0.25) is 10.2 Å². The summed E-state index contributed by atoms with van der Waals surface area (Å²) in [6.07, 6.45) is 1.79. The summed E-state index contributed by atoms with van der Waals surface area (Å²) in [5.41, 5.74) is 9.89. The maximum absolute atomic E-state index is 9.18. The Balaban J connectivity index is 2.18. The van der Waals surface area contributed by atoms with Crippen molar-refractivity contribution in [3.8, 4) is 0 Å². The van der Waals surface area contributed by atoms with Crippen LogP contribution in [0.3, 0.4) is 0 Å². The highest BCUT2D eigenvalue weighted by Gasteiger charge is 2.15. The van der Waals surface area contributed by atoms with Crippen LogP contribution in [0.1, 0.15) is 18.1 Å². The molecule has 1 saturated heterocycles. The minimum absolute atomic E-state index is 0.0252. The van der Waals surface area contributed by atoms with Crippen LogP contribution in [0, 0.1) is 6.92 Å². The molecule has 0 amide bonds. The molecule has 128 valence electrons. The number of morpholine rings is 1. The zero-order chi connectivity index (χ0) is 16.7. The number of ether oxygens (including phenoxy) is 1. The predicted molar refractivity (Wildman–Crippen MR) is 94.1 cm³/mol. The molecule has 0 bridgehead atoms. The van der Waals surface area contributed by atoms with Gasteiger partial charge >= 0.3 is 0 Å². The van der Waals surface area contributed by atoms with Crippen LogP contribution in [0.25, 0.3) is 5.57 Å². The maximum atomic E-state index is 9.18. The van der Waals surface area contributed by atoms with Crippen LogP contribution in [0.2, 0.25) is 0 Å². The average Bonchev–Trinajstić information content (AvgIpc) is 2.55. The van der Waals surface area contributed by atoms with Crippen molar-refractivity contribution in [2.24, 2.45) is 5.73 Å². The SMILES string of the molecule is Cc1ccccc1/C(=C/C(N)N[C@H](C)CO)CN1CCOCC1. The number of rotatable bonds is 7. The Kier molecular flexibility index (Phi) is 7.20. The summed E-state index contributed by atoms with van der Waals surface area (Å²) in [4.78, 5) is 2.39. The van der Waals surface area contributed by atoms with E-state index in [1.54, 1.807) is 0 Å². The van der Waals surface area contributed by atoms with Crippen LogP contribution >= 0.6 is 0 Å². The van der Waals surface area contributed by atoms with Crippen molar-refractivity contribution in [3.05, 3.63) is 41.5 Å². The number of nitrogens with one attached hydrogen (secondary N) is 1. The fourth-order valence-electron chi connectivity index (χ4n) is 2.81. The molecule has 2 atom stereocenters. The highest BCUT2D eigenvalue weighted by molar-refractivity contribution is 5.70. The van der Waals surface area contributed by atoms with E-state index in [0.29, 0.717) is 0 Å². The molecule has 0 radical (unpaired) electrons. The lowest BCUT2D eigenvalue weighted by atomic mass is 9.99. The Labute approximate surface area is 139 Å².